The third-order valence-electron chi connectivity index (χ3n) is 2.86. The van der Waals surface area contributed by atoms with E-state index in [1.54, 1.807) is 23.8 Å². The lowest BCUT2D eigenvalue weighted by Crippen LogP contribution is -2.47. The van der Waals surface area contributed by atoms with Gasteiger partial charge in [-0.15, -0.1) is 0 Å². The molecule has 0 aromatic heterocycles. The quantitative estimate of drug-likeness (QED) is 0.679. The van der Waals surface area contributed by atoms with E-state index in [4.69, 9.17) is 4.74 Å². The molecule has 1 saturated heterocycles. The molecule has 0 aliphatic carbocycles. The molecule has 1 fully saturated rings. The molecule has 0 aromatic carbocycles. The molecule has 1 unspecified atom stereocenters. The van der Waals surface area contributed by atoms with Gasteiger partial charge in [0, 0.05) is 20.1 Å². The fourth-order valence-corrected chi connectivity index (χ4v) is 1.83. The summed E-state index contributed by atoms with van der Waals surface area (Å²) in [5.74, 6) is -0.280. The topological polar surface area (TPSA) is 49.9 Å². The lowest BCUT2D eigenvalue weighted by Gasteiger charge is -2.27. The third-order valence-corrected chi connectivity index (χ3v) is 2.86. The molecule has 16 heavy (non-hydrogen) atoms. The van der Waals surface area contributed by atoms with E-state index in [0.717, 1.165) is 6.42 Å². The molecular formula is C11H20N2O3. The van der Waals surface area contributed by atoms with Crippen LogP contribution in [0.5, 0.6) is 0 Å². The number of carbonyl (C=O) groups excluding carboxylic acids is 2. The Labute approximate surface area is 96.3 Å². The highest BCUT2D eigenvalue weighted by Crippen LogP contribution is 2.19. The van der Waals surface area contributed by atoms with Crippen LogP contribution in [0.2, 0.25) is 0 Å². The second-order valence-electron chi connectivity index (χ2n) is 3.90. The van der Waals surface area contributed by atoms with Gasteiger partial charge in [-0.2, -0.15) is 0 Å². The van der Waals surface area contributed by atoms with Gasteiger partial charge in [-0.3, -0.25) is 0 Å². The number of likely N-dealkylation sites (tertiary alicyclic amines) is 1. The summed E-state index contributed by atoms with van der Waals surface area (Å²) in [5.41, 5.74) is 0. The van der Waals surface area contributed by atoms with E-state index in [1.165, 1.54) is 0 Å². The van der Waals surface area contributed by atoms with E-state index in [2.05, 4.69) is 0 Å². The molecule has 1 aliphatic heterocycles. The second kappa shape index (κ2) is 5.72. The highest BCUT2D eigenvalue weighted by molar-refractivity contribution is 5.84. The molecule has 0 spiro atoms. The van der Waals surface area contributed by atoms with E-state index in [9.17, 15) is 9.59 Å². The summed E-state index contributed by atoms with van der Waals surface area (Å²) in [7, 11) is 1.74. The van der Waals surface area contributed by atoms with Crippen LogP contribution in [0.3, 0.4) is 0 Å². The first-order valence-electron chi connectivity index (χ1n) is 5.80. The van der Waals surface area contributed by atoms with Crippen LogP contribution in [-0.4, -0.2) is 54.6 Å². The van der Waals surface area contributed by atoms with Crippen molar-refractivity contribution in [2.24, 2.45) is 0 Å². The van der Waals surface area contributed by atoms with Crippen LogP contribution in [0.15, 0.2) is 0 Å². The van der Waals surface area contributed by atoms with Crippen molar-refractivity contribution in [2.75, 3.05) is 26.7 Å². The van der Waals surface area contributed by atoms with Crippen molar-refractivity contribution in [2.45, 2.75) is 32.7 Å². The van der Waals surface area contributed by atoms with Gasteiger partial charge in [0.2, 0.25) is 0 Å². The van der Waals surface area contributed by atoms with Crippen molar-refractivity contribution in [1.82, 2.24) is 9.80 Å². The Balaban J connectivity index is 2.65. The normalized spacial score (nSPS) is 19.7. The van der Waals surface area contributed by atoms with Crippen LogP contribution in [0.25, 0.3) is 0 Å². The number of hydrogen-bond donors (Lipinski definition) is 0. The van der Waals surface area contributed by atoms with Crippen LogP contribution in [0.1, 0.15) is 26.7 Å². The average Bonchev–Trinajstić information content (AvgIpc) is 2.76. The van der Waals surface area contributed by atoms with Gasteiger partial charge in [0.15, 0.2) is 0 Å². The fraction of sp³-hybridized carbons (Fsp3) is 0.818. The molecule has 1 aliphatic rings. The molecule has 1 rings (SSSR count). The number of nitrogens with zero attached hydrogens (tertiary/aromatic N) is 2. The Bertz CT molecular complexity index is 268. The summed E-state index contributed by atoms with van der Waals surface area (Å²) in [6.45, 7) is 5.34. The molecule has 2 amide bonds. The van der Waals surface area contributed by atoms with E-state index in [1.807, 2.05) is 6.92 Å². The summed E-state index contributed by atoms with van der Waals surface area (Å²) in [6, 6.07) is -0.473. The number of hydrogen-bond acceptors (Lipinski definition) is 3. The van der Waals surface area contributed by atoms with Crippen molar-refractivity contribution in [3.05, 3.63) is 0 Å². The third kappa shape index (κ3) is 2.65. The first kappa shape index (κ1) is 12.8. The van der Waals surface area contributed by atoms with Crippen molar-refractivity contribution >= 4 is 12.0 Å². The lowest BCUT2D eigenvalue weighted by molar-refractivity contribution is -0.147. The van der Waals surface area contributed by atoms with Gasteiger partial charge in [0.05, 0.1) is 6.61 Å². The monoisotopic (exact) mass is 228 g/mol. The van der Waals surface area contributed by atoms with E-state index in [0.29, 0.717) is 26.1 Å². The largest absolute Gasteiger partial charge is 0.464 e. The van der Waals surface area contributed by atoms with Gasteiger partial charge in [-0.05, 0) is 26.7 Å². The fourth-order valence-electron chi connectivity index (χ4n) is 1.83. The van der Waals surface area contributed by atoms with E-state index < -0.39 is 0 Å². The number of carbonyl (C=O) groups is 2. The van der Waals surface area contributed by atoms with Crippen molar-refractivity contribution in [3.63, 3.8) is 0 Å². The minimum Gasteiger partial charge on any atom is -0.464 e. The maximum Gasteiger partial charge on any atom is 0.328 e. The summed E-state index contributed by atoms with van der Waals surface area (Å²) >= 11 is 0. The van der Waals surface area contributed by atoms with Crippen LogP contribution in [0, 0.1) is 0 Å². The van der Waals surface area contributed by atoms with Crippen LogP contribution >= 0.6 is 0 Å². The van der Waals surface area contributed by atoms with Gasteiger partial charge in [0.25, 0.3) is 0 Å². The zero-order chi connectivity index (χ0) is 12.1. The Morgan fingerprint density at radius 1 is 1.44 bits per heavy atom. The van der Waals surface area contributed by atoms with Crippen LogP contribution < -0.4 is 0 Å². The SMILES string of the molecule is CCOC(=O)C1CCCN1C(=O)N(C)CC. The number of amides is 2. The maximum atomic E-state index is 11.9. The van der Waals surface area contributed by atoms with Crippen LogP contribution in [-0.2, 0) is 9.53 Å². The summed E-state index contributed by atoms with van der Waals surface area (Å²) in [4.78, 5) is 26.8. The molecule has 0 N–H and O–H groups in total. The minimum absolute atomic E-state index is 0.0851. The second-order valence-corrected chi connectivity index (χ2v) is 3.90. The zero-order valence-electron chi connectivity index (χ0n) is 10.2. The molecule has 1 atom stereocenters. The standard InChI is InChI=1S/C11H20N2O3/c1-4-12(3)11(15)13-8-6-7-9(13)10(14)16-5-2/h9H,4-8H2,1-3H3. The van der Waals surface area contributed by atoms with Gasteiger partial charge < -0.3 is 14.5 Å². The lowest BCUT2D eigenvalue weighted by atomic mass is 10.2. The van der Waals surface area contributed by atoms with Gasteiger partial charge in [-0.25, -0.2) is 9.59 Å². The van der Waals surface area contributed by atoms with Crippen LogP contribution in [0.4, 0.5) is 4.79 Å². The van der Waals surface area contributed by atoms with Crippen molar-refractivity contribution in [3.8, 4) is 0 Å². The molecule has 5 nitrogen and oxygen atoms in total. The Hall–Kier alpha value is -1.26. The maximum absolute atomic E-state index is 11.9. The smallest absolute Gasteiger partial charge is 0.328 e. The van der Waals surface area contributed by atoms with Crippen molar-refractivity contribution in [1.29, 1.82) is 0 Å². The molecule has 5 heteroatoms. The predicted octanol–water partition coefficient (Wildman–Crippen LogP) is 1.09. The van der Waals surface area contributed by atoms with Gasteiger partial charge in [-0.1, -0.05) is 0 Å². The number of urea groups is 1. The molecular weight excluding hydrogens is 208 g/mol. The van der Waals surface area contributed by atoms with E-state index >= 15 is 0 Å². The Morgan fingerprint density at radius 3 is 2.69 bits per heavy atom. The predicted molar refractivity (Wildman–Crippen MR) is 60.1 cm³/mol. The number of esters is 1. The molecule has 0 radical (unpaired) electrons. The zero-order valence-corrected chi connectivity index (χ0v) is 10.2. The summed E-state index contributed by atoms with van der Waals surface area (Å²) in [5, 5.41) is 0. The summed E-state index contributed by atoms with van der Waals surface area (Å²) < 4.78 is 4.97. The average molecular weight is 228 g/mol. The van der Waals surface area contributed by atoms with E-state index in [-0.39, 0.29) is 18.0 Å². The molecule has 0 aromatic rings. The first-order chi connectivity index (χ1) is 7.61. The van der Waals surface area contributed by atoms with Gasteiger partial charge >= 0.3 is 12.0 Å². The summed E-state index contributed by atoms with van der Waals surface area (Å²) in [6.07, 6.45) is 1.58. The highest BCUT2D eigenvalue weighted by atomic mass is 16.5. The molecule has 1 heterocycles. The Morgan fingerprint density at radius 2 is 2.12 bits per heavy atom. The molecule has 0 saturated carbocycles. The number of ether oxygens (including phenoxy) is 1. The number of rotatable bonds is 3. The minimum atomic E-state index is -0.388. The highest BCUT2D eigenvalue weighted by Gasteiger charge is 2.36. The molecule has 92 valence electrons. The Kier molecular flexibility index (Phi) is 4.58. The first-order valence-corrected chi connectivity index (χ1v) is 5.80. The van der Waals surface area contributed by atoms with Crippen molar-refractivity contribution < 1.29 is 14.3 Å². The van der Waals surface area contributed by atoms with Gasteiger partial charge in [0.1, 0.15) is 6.04 Å². The molecule has 0 bridgehead atoms.